The molecule has 2 aromatic rings. The lowest BCUT2D eigenvalue weighted by molar-refractivity contribution is 0.591. The molecule has 0 heterocycles. The van der Waals surface area contributed by atoms with Crippen molar-refractivity contribution < 1.29 is 8.42 Å². The van der Waals surface area contributed by atoms with Crippen molar-refractivity contribution in [1.29, 1.82) is 0 Å². The average Bonchev–Trinajstić information content (AvgIpc) is 2.53. The second kappa shape index (κ2) is 7.64. The molecule has 0 aromatic heterocycles. The zero-order valence-corrected chi connectivity index (χ0v) is 14.6. The molecule has 2 rings (SSSR count). The maximum absolute atomic E-state index is 12.0. The van der Waals surface area contributed by atoms with Crippen LogP contribution in [0.1, 0.15) is 11.1 Å². The summed E-state index contributed by atoms with van der Waals surface area (Å²) in [6, 6.07) is 14.7. The molecule has 0 atom stereocenters. The first-order chi connectivity index (χ1) is 10.9. The summed E-state index contributed by atoms with van der Waals surface area (Å²) < 4.78 is 26.5. The predicted octanol–water partition coefficient (Wildman–Crippen LogP) is 3.50. The lowest BCUT2D eigenvalue weighted by atomic mass is 10.2. The van der Waals surface area contributed by atoms with Crippen LogP contribution in [0.2, 0.25) is 5.02 Å². The summed E-state index contributed by atoms with van der Waals surface area (Å²) in [6.07, 6.45) is 1.54. The molecular formula is C17H19ClN2O2S. The van der Waals surface area contributed by atoms with Gasteiger partial charge in [-0.25, -0.2) is 13.1 Å². The molecule has 0 saturated heterocycles. The largest absolute Gasteiger partial charge is 0.378 e. The second-order valence-electron chi connectivity index (χ2n) is 5.28. The van der Waals surface area contributed by atoms with Crippen LogP contribution in [-0.4, -0.2) is 22.5 Å². The molecule has 0 amide bonds. The Bertz CT molecular complexity index is 767. The number of anilines is 1. The fourth-order valence-electron chi connectivity index (χ4n) is 1.89. The van der Waals surface area contributed by atoms with Gasteiger partial charge in [-0.05, 0) is 41.5 Å². The minimum absolute atomic E-state index is 0.251. The number of sulfonamides is 1. The molecule has 2 aromatic carbocycles. The van der Waals surface area contributed by atoms with E-state index in [1.54, 1.807) is 24.3 Å². The first-order valence-corrected chi connectivity index (χ1v) is 8.98. The first kappa shape index (κ1) is 17.5. The normalized spacial score (nSPS) is 11.8. The number of hydrogen-bond donors (Lipinski definition) is 1. The molecule has 122 valence electrons. The van der Waals surface area contributed by atoms with Gasteiger partial charge in [0.15, 0.2) is 0 Å². The summed E-state index contributed by atoms with van der Waals surface area (Å²) in [4.78, 5) is 1.99. The van der Waals surface area contributed by atoms with Crippen LogP contribution in [0.4, 0.5) is 5.69 Å². The molecule has 1 N–H and O–H groups in total. The number of benzene rings is 2. The summed E-state index contributed by atoms with van der Waals surface area (Å²) in [5.41, 5.74) is 2.74. The van der Waals surface area contributed by atoms with Crippen LogP contribution in [0.15, 0.2) is 53.9 Å². The molecule has 0 bridgehead atoms. The molecule has 0 aliphatic rings. The van der Waals surface area contributed by atoms with E-state index in [2.05, 4.69) is 4.72 Å². The molecule has 0 aliphatic carbocycles. The smallest absolute Gasteiger partial charge is 0.234 e. The monoisotopic (exact) mass is 350 g/mol. The van der Waals surface area contributed by atoms with Crippen LogP contribution in [0.3, 0.4) is 0 Å². The van der Waals surface area contributed by atoms with Crippen molar-refractivity contribution in [2.24, 2.45) is 0 Å². The summed E-state index contributed by atoms with van der Waals surface area (Å²) in [7, 11) is 0.427. The molecule has 0 fully saturated rings. The van der Waals surface area contributed by atoms with E-state index in [1.807, 2.05) is 43.3 Å². The standard InChI is InChI=1S/C17H19ClN2O2S/c1-20(2)17-9-5-15(6-10-17)13-19-23(21,22)12-11-14-3-7-16(18)8-4-14/h3-12,19H,13H2,1-2H3/b12-11+. The fourth-order valence-corrected chi connectivity index (χ4v) is 2.81. The van der Waals surface area contributed by atoms with E-state index in [1.165, 1.54) is 6.08 Å². The van der Waals surface area contributed by atoms with Crippen LogP contribution in [0, 0.1) is 0 Å². The van der Waals surface area contributed by atoms with Crippen molar-refractivity contribution in [3.8, 4) is 0 Å². The number of rotatable bonds is 6. The molecule has 0 spiro atoms. The van der Waals surface area contributed by atoms with E-state index in [0.29, 0.717) is 5.02 Å². The summed E-state index contributed by atoms with van der Waals surface area (Å²) in [6.45, 7) is 0.251. The highest BCUT2D eigenvalue weighted by Crippen LogP contribution is 2.13. The van der Waals surface area contributed by atoms with Gasteiger partial charge in [-0.3, -0.25) is 0 Å². The van der Waals surface area contributed by atoms with Crippen molar-refractivity contribution >= 4 is 33.4 Å². The highest BCUT2D eigenvalue weighted by molar-refractivity contribution is 7.92. The summed E-state index contributed by atoms with van der Waals surface area (Å²) in [5.74, 6) is 0. The Labute approximate surface area is 142 Å². The zero-order valence-electron chi connectivity index (χ0n) is 13.0. The summed E-state index contributed by atoms with van der Waals surface area (Å²) >= 11 is 5.79. The number of nitrogens with one attached hydrogen (secondary N) is 1. The Morgan fingerprint density at radius 1 is 1.04 bits per heavy atom. The SMILES string of the molecule is CN(C)c1ccc(CNS(=O)(=O)/C=C/c2ccc(Cl)cc2)cc1. The Balaban J connectivity index is 1.96. The van der Waals surface area contributed by atoms with Crippen LogP contribution < -0.4 is 9.62 Å². The third-order valence-corrected chi connectivity index (χ3v) is 4.53. The quantitative estimate of drug-likeness (QED) is 0.867. The van der Waals surface area contributed by atoms with Crippen molar-refractivity contribution in [3.05, 3.63) is 70.1 Å². The van der Waals surface area contributed by atoms with E-state index in [0.717, 1.165) is 22.2 Å². The van der Waals surface area contributed by atoms with Crippen LogP contribution in [0.25, 0.3) is 6.08 Å². The van der Waals surface area contributed by atoms with Gasteiger partial charge >= 0.3 is 0 Å². The Hall–Kier alpha value is -1.82. The van der Waals surface area contributed by atoms with E-state index >= 15 is 0 Å². The number of nitrogens with zero attached hydrogens (tertiary/aromatic N) is 1. The Morgan fingerprint density at radius 2 is 1.65 bits per heavy atom. The van der Waals surface area contributed by atoms with Crippen molar-refractivity contribution in [3.63, 3.8) is 0 Å². The van der Waals surface area contributed by atoms with Gasteiger partial charge in [0, 0.05) is 36.8 Å². The van der Waals surface area contributed by atoms with Gasteiger partial charge < -0.3 is 4.90 Å². The third-order valence-electron chi connectivity index (χ3n) is 3.24. The van der Waals surface area contributed by atoms with Gasteiger partial charge in [0.2, 0.25) is 10.0 Å². The third kappa shape index (κ3) is 5.71. The maximum Gasteiger partial charge on any atom is 0.234 e. The van der Waals surface area contributed by atoms with Crippen LogP contribution in [0.5, 0.6) is 0 Å². The molecular weight excluding hydrogens is 332 g/mol. The van der Waals surface area contributed by atoms with E-state index in [9.17, 15) is 8.42 Å². The van der Waals surface area contributed by atoms with Crippen molar-refractivity contribution in [2.75, 3.05) is 19.0 Å². The molecule has 23 heavy (non-hydrogen) atoms. The van der Waals surface area contributed by atoms with Gasteiger partial charge in [-0.1, -0.05) is 35.9 Å². The average molecular weight is 351 g/mol. The highest BCUT2D eigenvalue weighted by atomic mass is 35.5. The second-order valence-corrected chi connectivity index (χ2v) is 7.37. The van der Waals surface area contributed by atoms with Gasteiger partial charge in [0.25, 0.3) is 0 Å². The van der Waals surface area contributed by atoms with E-state index < -0.39 is 10.0 Å². The van der Waals surface area contributed by atoms with Crippen molar-refractivity contribution in [1.82, 2.24) is 4.72 Å². The molecule has 6 heteroatoms. The van der Waals surface area contributed by atoms with E-state index in [-0.39, 0.29) is 6.54 Å². The molecule has 4 nitrogen and oxygen atoms in total. The lowest BCUT2D eigenvalue weighted by Crippen LogP contribution is -2.20. The van der Waals surface area contributed by atoms with Gasteiger partial charge in [0.1, 0.15) is 0 Å². The fraction of sp³-hybridized carbons (Fsp3) is 0.176. The molecule has 0 unspecified atom stereocenters. The lowest BCUT2D eigenvalue weighted by Gasteiger charge is -2.12. The number of hydrogen-bond acceptors (Lipinski definition) is 3. The van der Waals surface area contributed by atoms with Crippen molar-refractivity contribution in [2.45, 2.75) is 6.54 Å². The Kier molecular flexibility index (Phi) is 5.82. The minimum Gasteiger partial charge on any atom is -0.378 e. The zero-order chi connectivity index (χ0) is 16.9. The highest BCUT2D eigenvalue weighted by Gasteiger charge is 2.05. The first-order valence-electron chi connectivity index (χ1n) is 7.05. The van der Waals surface area contributed by atoms with Crippen LogP contribution in [-0.2, 0) is 16.6 Å². The predicted molar refractivity (Wildman–Crippen MR) is 97.0 cm³/mol. The number of halogens is 1. The maximum atomic E-state index is 12.0. The minimum atomic E-state index is -3.49. The Morgan fingerprint density at radius 3 is 2.22 bits per heavy atom. The molecule has 0 saturated carbocycles. The van der Waals surface area contributed by atoms with Gasteiger partial charge in [0.05, 0.1) is 0 Å². The summed E-state index contributed by atoms with van der Waals surface area (Å²) in [5, 5.41) is 1.77. The topological polar surface area (TPSA) is 49.4 Å². The van der Waals surface area contributed by atoms with Gasteiger partial charge in [-0.15, -0.1) is 0 Å². The van der Waals surface area contributed by atoms with Crippen LogP contribution >= 0.6 is 11.6 Å². The molecule has 0 aliphatic heterocycles. The molecule has 0 radical (unpaired) electrons. The van der Waals surface area contributed by atoms with Gasteiger partial charge in [-0.2, -0.15) is 0 Å². The van der Waals surface area contributed by atoms with E-state index in [4.69, 9.17) is 11.6 Å².